The van der Waals surface area contributed by atoms with Crippen molar-refractivity contribution in [1.29, 1.82) is 0 Å². The molecule has 8 heteroatoms. The van der Waals surface area contributed by atoms with E-state index in [0.717, 1.165) is 23.2 Å². The second-order valence-electron chi connectivity index (χ2n) is 6.64. The number of alkyl halides is 3. The van der Waals surface area contributed by atoms with Crippen LogP contribution in [0.5, 0.6) is 0 Å². The normalized spacial score (nSPS) is 12.9. The van der Waals surface area contributed by atoms with Crippen molar-refractivity contribution in [2.24, 2.45) is 7.05 Å². The molecule has 5 nitrogen and oxygen atoms in total. The van der Waals surface area contributed by atoms with Crippen LogP contribution in [-0.2, 0) is 24.6 Å². The first-order valence-electron chi connectivity index (χ1n) is 8.79. The molecular formula is C20H20F3N3O2. The predicted octanol–water partition coefficient (Wildman–Crippen LogP) is 3.63. The molecule has 0 bridgehead atoms. The van der Waals surface area contributed by atoms with Crippen molar-refractivity contribution in [2.75, 3.05) is 0 Å². The molecular weight excluding hydrogens is 371 g/mol. The Kier molecular flexibility index (Phi) is 5.31. The monoisotopic (exact) mass is 391 g/mol. The van der Waals surface area contributed by atoms with Crippen LogP contribution in [-0.4, -0.2) is 15.0 Å². The average molecular weight is 391 g/mol. The van der Waals surface area contributed by atoms with E-state index in [4.69, 9.17) is 0 Å². The minimum Gasteiger partial charge on any atom is -0.350 e. The molecule has 3 aromatic rings. The molecule has 0 aliphatic rings. The summed E-state index contributed by atoms with van der Waals surface area (Å²) in [6.07, 6.45) is -4.31. The van der Waals surface area contributed by atoms with Gasteiger partial charge in [0, 0.05) is 20.0 Å². The third kappa shape index (κ3) is 3.95. The number of hydrogen-bond acceptors (Lipinski definition) is 2. The first kappa shape index (κ1) is 19.7. The van der Waals surface area contributed by atoms with Gasteiger partial charge in [0.15, 0.2) is 0 Å². The Morgan fingerprint density at radius 2 is 1.68 bits per heavy atom. The van der Waals surface area contributed by atoms with Crippen molar-refractivity contribution in [2.45, 2.75) is 32.1 Å². The van der Waals surface area contributed by atoms with Gasteiger partial charge < -0.3 is 5.32 Å². The average Bonchev–Trinajstić information content (AvgIpc) is 2.90. The maximum atomic E-state index is 12.6. The Morgan fingerprint density at radius 1 is 1.07 bits per heavy atom. The van der Waals surface area contributed by atoms with E-state index in [1.165, 1.54) is 21.3 Å². The minimum absolute atomic E-state index is 0.0822. The van der Waals surface area contributed by atoms with E-state index >= 15 is 0 Å². The largest absolute Gasteiger partial charge is 0.416 e. The zero-order valence-electron chi connectivity index (χ0n) is 15.5. The number of aryl methyl sites for hydroxylation is 2. The number of nitrogens with one attached hydrogen (secondary N) is 1. The van der Waals surface area contributed by atoms with Gasteiger partial charge in [-0.3, -0.25) is 13.9 Å². The number of halogens is 3. The third-order valence-corrected chi connectivity index (χ3v) is 4.73. The highest BCUT2D eigenvalue weighted by Crippen LogP contribution is 2.29. The zero-order chi connectivity index (χ0) is 20.5. The molecule has 2 aromatic carbocycles. The molecule has 28 heavy (non-hydrogen) atoms. The lowest BCUT2D eigenvalue weighted by atomic mass is 10.1. The first-order chi connectivity index (χ1) is 13.2. The standard InChI is InChI=1S/C20H20F3N3O2/c1-13(14-7-9-15(10-8-14)20(21,22)23)24-18(27)11-12-26-17-6-4-3-5-16(17)25(2)19(26)28/h3-10,13H,11-12H2,1-2H3,(H,24,27). The van der Waals surface area contributed by atoms with Crippen molar-refractivity contribution >= 4 is 16.9 Å². The highest BCUT2D eigenvalue weighted by atomic mass is 19.4. The summed E-state index contributed by atoms with van der Waals surface area (Å²) in [4.78, 5) is 24.6. The van der Waals surface area contributed by atoms with Crippen LogP contribution in [0.25, 0.3) is 11.0 Å². The number of carbonyl (C=O) groups is 1. The number of aromatic nitrogens is 2. The van der Waals surface area contributed by atoms with Crippen molar-refractivity contribution in [3.8, 4) is 0 Å². The number of rotatable bonds is 5. The van der Waals surface area contributed by atoms with Gasteiger partial charge >= 0.3 is 11.9 Å². The molecule has 1 aromatic heterocycles. The molecule has 1 N–H and O–H groups in total. The smallest absolute Gasteiger partial charge is 0.350 e. The number of nitrogens with zero attached hydrogens (tertiary/aromatic N) is 2. The van der Waals surface area contributed by atoms with Crippen molar-refractivity contribution in [3.05, 3.63) is 70.1 Å². The number of carbonyl (C=O) groups excluding carboxylic acids is 1. The quantitative estimate of drug-likeness (QED) is 0.722. The maximum Gasteiger partial charge on any atom is 0.416 e. The van der Waals surface area contributed by atoms with Gasteiger partial charge in [-0.15, -0.1) is 0 Å². The summed E-state index contributed by atoms with van der Waals surface area (Å²) >= 11 is 0. The van der Waals surface area contributed by atoms with Crippen LogP contribution in [0.1, 0.15) is 30.5 Å². The van der Waals surface area contributed by atoms with Gasteiger partial charge in [0.05, 0.1) is 22.6 Å². The van der Waals surface area contributed by atoms with Crippen molar-refractivity contribution in [3.63, 3.8) is 0 Å². The summed E-state index contributed by atoms with van der Waals surface area (Å²) in [5.41, 5.74) is 1.17. The van der Waals surface area contributed by atoms with Gasteiger partial charge in [-0.25, -0.2) is 4.79 Å². The van der Waals surface area contributed by atoms with E-state index in [1.54, 1.807) is 14.0 Å². The summed E-state index contributed by atoms with van der Waals surface area (Å²) in [6, 6.07) is 11.6. The van der Waals surface area contributed by atoms with Crippen molar-refractivity contribution in [1.82, 2.24) is 14.5 Å². The summed E-state index contributed by atoms with van der Waals surface area (Å²) in [5.74, 6) is -0.285. The van der Waals surface area contributed by atoms with Gasteiger partial charge in [-0.2, -0.15) is 13.2 Å². The van der Waals surface area contributed by atoms with Gasteiger partial charge in [-0.05, 0) is 36.8 Å². The first-order valence-corrected chi connectivity index (χ1v) is 8.79. The summed E-state index contributed by atoms with van der Waals surface area (Å²) in [6.45, 7) is 1.91. The molecule has 0 fully saturated rings. The van der Waals surface area contributed by atoms with Crippen LogP contribution >= 0.6 is 0 Å². The summed E-state index contributed by atoms with van der Waals surface area (Å²) in [5, 5.41) is 2.76. The Hall–Kier alpha value is -3.03. The van der Waals surface area contributed by atoms with Gasteiger partial charge in [-0.1, -0.05) is 24.3 Å². The van der Waals surface area contributed by atoms with Crippen LogP contribution in [0, 0.1) is 0 Å². The van der Waals surface area contributed by atoms with Crippen LogP contribution in [0.4, 0.5) is 13.2 Å². The molecule has 0 spiro atoms. The van der Waals surface area contributed by atoms with Crippen LogP contribution < -0.4 is 11.0 Å². The van der Waals surface area contributed by atoms with Gasteiger partial charge in [0.2, 0.25) is 5.91 Å². The molecule has 0 radical (unpaired) electrons. The number of imidazole rings is 1. The number of hydrogen-bond donors (Lipinski definition) is 1. The van der Waals surface area contributed by atoms with Crippen LogP contribution in [0.15, 0.2) is 53.3 Å². The fourth-order valence-corrected chi connectivity index (χ4v) is 3.15. The Balaban J connectivity index is 1.65. The van der Waals surface area contributed by atoms with E-state index in [2.05, 4.69) is 5.32 Å². The SMILES string of the molecule is CC(NC(=O)CCn1c(=O)n(C)c2ccccc21)c1ccc(C(F)(F)F)cc1. The van der Waals surface area contributed by atoms with E-state index in [0.29, 0.717) is 5.56 Å². The summed E-state index contributed by atoms with van der Waals surface area (Å²) in [7, 11) is 1.67. The second kappa shape index (κ2) is 7.53. The van der Waals surface area contributed by atoms with Gasteiger partial charge in [0.1, 0.15) is 0 Å². The Morgan fingerprint density at radius 3 is 2.29 bits per heavy atom. The third-order valence-electron chi connectivity index (χ3n) is 4.73. The number of amides is 1. The maximum absolute atomic E-state index is 12.6. The number of para-hydroxylation sites is 2. The predicted molar refractivity (Wildman–Crippen MR) is 99.8 cm³/mol. The Labute approximate surface area is 159 Å². The molecule has 0 saturated heterocycles. The second-order valence-corrected chi connectivity index (χ2v) is 6.64. The van der Waals surface area contributed by atoms with E-state index in [9.17, 15) is 22.8 Å². The molecule has 1 atom stereocenters. The lowest BCUT2D eigenvalue weighted by Gasteiger charge is -2.15. The zero-order valence-corrected chi connectivity index (χ0v) is 15.5. The van der Waals surface area contributed by atoms with Crippen LogP contribution in [0.3, 0.4) is 0 Å². The summed E-state index contributed by atoms with van der Waals surface area (Å²) < 4.78 is 41.0. The highest BCUT2D eigenvalue weighted by molar-refractivity contribution is 5.78. The molecule has 0 aliphatic heterocycles. The van der Waals surface area contributed by atoms with Gasteiger partial charge in [0.25, 0.3) is 0 Å². The van der Waals surface area contributed by atoms with Crippen LogP contribution in [0.2, 0.25) is 0 Å². The molecule has 0 saturated carbocycles. The molecule has 3 rings (SSSR count). The topological polar surface area (TPSA) is 56.0 Å². The molecule has 148 valence electrons. The fraction of sp³-hybridized carbons (Fsp3) is 0.300. The molecule has 0 aliphatic carbocycles. The van der Waals surface area contributed by atoms with Crippen molar-refractivity contribution < 1.29 is 18.0 Å². The Bertz CT molecular complexity index is 1050. The minimum atomic E-state index is -4.39. The van der Waals surface area contributed by atoms with E-state index in [1.807, 2.05) is 24.3 Å². The molecule has 1 amide bonds. The number of fused-ring (bicyclic) bond motifs is 1. The highest BCUT2D eigenvalue weighted by Gasteiger charge is 2.30. The lowest BCUT2D eigenvalue weighted by Crippen LogP contribution is -2.29. The molecule has 1 unspecified atom stereocenters. The molecule has 1 heterocycles. The van der Waals surface area contributed by atoms with E-state index in [-0.39, 0.29) is 24.6 Å². The lowest BCUT2D eigenvalue weighted by molar-refractivity contribution is -0.137. The van der Waals surface area contributed by atoms with E-state index < -0.39 is 17.8 Å². The fourth-order valence-electron chi connectivity index (χ4n) is 3.15. The number of benzene rings is 2.